The van der Waals surface area contributed by atoms with Crippen LogP contribution < -0.4 is 5.73 Å². The van der Waals surface area contributed by atoms with Crippen LogP contribution >= 0.6 is 0 Å². The summed E-state index contributed by atoms with van der Waals surface area (Å²) in [6, 6.07) is 0.306. The first kappa shape index (κ1) is 11.7. The van der Waals surface area contributed by atoms with Gasteiger partial charge in [-0.25, -0.2) is 0 Å². The van der Waals surface area contributed by atoms with Crippen LogP contribution in [0.25, 0.3) is 0 Å². The maximum absolute atomic E-state index is 5.86. The van der Waals surface area contributed by atoms with Gasteiger partial charge in [0.1, 0.15) is 0 Å². The van der Waals surface area contributed by atoms with Crippen molar-refractivity contribution in [3.05, 3.63) is 12.7 Å². The molecule has 0 saturated carbocycles. The number of nitrogens with two attached hydrogens (primary N) is 1. The Bertz CT molecular complexity index is 114. The molecule has 0 rings (SSSR count). The molecule has 2 nitrogen and oxygen atoms in total. The molecule has 2 atom stereocenters. The summed E-state index contributed by atoms with van der Waals surface area (Å²) in [5.74, 6) is 0. The van der Waals surface area contributed by atoms with E-state index < -0.39 is 0 Å². The van der Waals surface area contributed by atoms with Crippen molar-refractivity contribution in [1.29, 1.82) is 0 Å². The Kier molecular flexibility index (Phi) is 7.11. The number of methoxy groups -OCH3 is 1. The van der Waals surface area contributed by atoms with Crippen LogP contribution in [0.1, 0.15) is 32.6 Å². The minimum atomic E-state index is 0.306. The Morgan fingerprint density at radius 2 is 2.08 bits per heavy atom. The molecule has 0 aliphatic carbocycles. The van der Waals surface area contributed by atoms with E-state index in [9.17, 15) is 0 Å². The van der Waals surface area contributed by atoms with Crippen LogP contribution in [0.3, 0.4) is 0 Å². The fourth-order valence-electron chi connectivity index (χ4n) is 1.04. The molecule has 0 fully saturated rings. The molecule has 2 heteroatoms. The van der Waals surface area contributed by atoms with Crippen LogP contribution in [0, 0.1) is 0 Å². The zero-order chi connectivity index (χ0) is 9.40. The van der Waals surface area contributed by atoms with E-state index in [-0.39, 0.29) is 0 Å². The van der Waals surface area contributed by atoms with Crippen LogP contribution in [-0.2, 0) is 4.74 Å². The fourth-order valence-corrected chi connectivity index (χ4v) is 1.04. The Balaban J connectivity index is 3.29. The highest BCUT2D eigenvalue weighted by Crippen LogP contribution is 2.06. The minimum absolute atomic E-state index is 0.306. The van der Waals surface area contributed by atoms with Gasteiger partial charge in [0, 0.05) is 13.2 Å². The van der Waals surface area contributed by atoms with E-state index in [4.69, 9.17) is 10.5 Å². The third kappa shape index (κ3) is 6.38. The molecule has 0 saturated heterocycles. The molecule has 0 heterocycles. The van der Waals surface area contributed by atoms with Gasteiger partial charge in [-0.3, -0.25) is 0 Å². The highest BCUT2D eigenvalue weighted by molar-refractivity contribution is 4.71. The Morgan fingerprint density at radius 1 is 1.42 bits per heavy atom. The molecule has 12 heavy (non-hydrogen) atoms. The Labute approximate surface area is 75.8 Å². The zero-order valence-electron chi connectivity index (χ0n) is 8.25. The average molecular weight is 171 g/mol. The van der Waals surface area contributed by atoms with Gasteiger partial charge in [-0.05, 0) is 32.6 Å². The van der Waals surface area contributed by atoms with E-state index in [1.807, 2.05) is 6.08 Å². The second-order valence-corrected chi connectivity index (χ2v) is 3.25. The highest BCUT2D eigenvalue weighted by atomic mass is 16.5. The van der Waals surface area contributed by atoms with Crippen molar-refractivity contribution >= 4 is 0 Å². The normalized spacial score (nSPS) is 15.6. The van der Waals surface area contributed by atoms with Crippen molar-refractivity contribution in [3.63, 3.8) is 0 Å². The first-order chi connectivity index (χ1) is 5.70. The molecule has 0 aromatic carbocycles. The summed E-state index contributed by atoms with van der Waals surface area (Å²) < 4.78 is 5.13. The molecule has 0 aromatic rings. The van der Waals surface area contributed by atoms with Crippen molar-refractivity contribution in [2.75, 3.05) is 7.11 Å². The van der Waals surface area contributed by atoms with E-state index >= 15 is 0 Å². The topological polar surface area (TPSA) is 35.2 Å². The summed E-state index contributed by atoms with van der Waals surface area (Å²) in [6.45, 7) is 5.73. The van der Waals surface area contributed by atoms with E-state index in [1.165, 1.54) is 0 Å². The standard InChI is InChI=1S/C10H21NO/c1-4-5-6-10(11)8-7-9(2)12-3/h4,9-10H,1,5-8,11H2,2-3H3. The van der Waals surface area contributed by atoms with Crippen LogP contribution in [0.15, 0.2) is 12.7 Å². The molecule has 0 spiro atoms. The molecule has 0 aromatic heterocycles. The van der Waals surface area contributed by atoms with Crippen molar-refractivity contribution in [3.8, 4) is 0 Å². The second-order valence-electron chi connectivity index (χ2n) is 3.25. The van der Waals surface area contributed by atoms with Gasteiger partial charge >= 0.3 is 0 Å². The summed E-state index contributed by atoms with van der Waals surface area (Å²) in [5, 5.41) is 0. The number of ether oxygens (including phenoxy) is 1. The summed E-state index contributed by atoms with van der Waals surface area (Å²) in [5.41, 5.74) is 5.86. The van der Waals surface area contributed by atoms with Gasteiger partial charge in [0.2, 0.25) is 0 Å². The quantitative estimate of drug-likeness (QED) is 0.595. The van der Waals surface area contributed by atoms with Gasteiger partial charge in [0.15, 0.2) is 0 Å². The van der Waals surface area contributed by atoms with Crippen LogP contribution in [0.4, 0.5) is 0 Å². The van der Waals surface area contributed by atoms with E-state index in [0.717, 1.165) is 25.7 Å². The summed E-state index contributed by atoms with van der Waals surface area (Å²) in [7, 11) is 1.74. The third-order valence-corrected chi connectivity index (χ3v) is 2.09. The maximum Gasteiger partial charge on any atom is 0.0543 e. The minimum Gasteiger partial charge on any atom is -0.382 e. The van der Waals surface area contributed by atoms with E-state index in [2.05, 4.69) is 13.5 Å². The Morgan fingerprint density at radius 3 is 2.58 bits per heavy atom. The predicted octanol–water partition coefficient (Wildman–Crippen LogP) is 2.09. The fraction of sp³-hybridized carbons (Fsp3) is 0.800. The average Bonchev–Trinajstić information content (AvgIpc) is 2.10. The molecule has 0 bridgehead atoms. The monoisotopic (exact) mass is 171 g/mol. The van der Waals surface area contributed by atoms with E-state index in [1.54, 1.807) is 7.11 Å². The molecular weight excluding hydrogens is 150 g/mol. The summed E-state index contributed by atoms with van der Waals surface area (Å²) >= 11 is 0. The summed E-state index contributed by atoms with van der Waals surface area (Å²) in [4.78, 5) is 0. The third-order valence-electron chi connectivity index (χ3n) is 2.09. The van der Waals surface area contributed by atoms with Crippen molar-refractivity contribution in [2.24, 2.45) is 5.73 Å². The van der Waals surface area contributed by atoms with E-state index in [0.29, 0.717) is 12.1 Å². The molecule has 2 unspecified atom stereocenters. The largest absolute Gasteiger partial charge is 0.382 e. The molecule has 2 N–H and O–H groups in total. The van der Waals surface area contributed by atoms with Crippen LogP contribution in [-0.4, -0.2) is 19.3 Å². The molecule has 72 valence electrons. The maximum atomic E-state index is 5.86. The molecule has 0 aliphatic rings. The van der Waals surface area contributed by atoms with Gasteiger partial charge in [0.05, 0.1) is 6.10 Å². The van der Waals surface area contributed by atoms with Gasteiger partial charge in [0.25, 0.3) is 0 Å². The predicted molar refractivity (Wildman–Crippen MR) is 53.1 cm³/mol. The smallest absolute Gasteiger partial charge is 0.0543 e. The lowest BCUT2D eigenvalue weighted by molar-refractivity contribution is 0.107. The zero-order valence-corrected chi connectivity index (χ0v) is 8.25. The van der Waals surface area contributed by atoms with Crippen molar-refractivity contribution in [2.45, 2.75) is 44.8 Å². The SMILES string of the molecule is C=CCCC(N)CCC(C)OC. The second kappa shape index (κ2) is 7.32. The first-order valence-electron chi connectivity index (χ1n) is 4.60. The highest BCUT2D eigenvalue weighted by Gasteiger charge is 2.04. The molecule has 0 radical (unpaired) electrons. The van der Waals surface area contributed by atoms with Crippen LogP contribution in [0.2, 0.25) is 0 Å². The number of hydrogen-bond acceptors (Lipinski definition) is 2. The van der Waals surface area contributed by atoms with Gasteiger partial charge < -0.3 is 10.5 Å². The van der Waals surface area contributed by atoms with Gasteiger partial charge in [-0.1, -0.05) is 6.08 Å². The van der Waals surface area contributed by atoms with Gasteiger partial charge in [-0.2, -0.15) is 0 Å². The lowest BCUT2D eigenvalue weighted by atomic mass is 10.0. The summed E-state index contributed by atoms with van der Waals surface area (Å²) in [6.07, 6.45) is 6.40. The Hall–Kier alpha value is -0.340. The first-order valence-corrected chi connectivity index (χ1v) is 4.60. The number of rotatable bonds is 7. The lowest BCUT2D eigenvalue weighted by Gasteiger charge is -2.13. The number of allylic oxidation sites excluding steroid dienone is 1. The van der Waals surface area contributed by atoms with Crippen molar-refractivity contribution < 1.29 is 4.74 Å². The lowest BCUT2D eigenvalue weighted by Crippen LogP contribution is -2.21. The number of hydrogen-bond donors (Lipinski definition) is 1. The van der Waals surface area contributed by atoms with Gasteiger partial charge in [-0.15, -0.1) is 6.58 Å². The van der Waals surface area contributed by atoms with Crippen molar-refractivity contribution in [1.82, 2.24) is 0 Å². The molecular formula is C10H21NO. The van der Waals surface area contributed by atoms with Crippen LogP contribution in [0.5, 0.6) is 0 Å². The molecule has 0 amide bonds. The molecule has 0 aliphatic heterocycles.